The fraction of sp³-hybridized carbons (Fsp3) is 0.375. The molecular weight excluding hydrogens is 440 g/mol. The largest absolute Gasteiger partial charge is 0.381 e. The summed E-state index contributed by atoms with van der Waals surface area (Å²) in [6.07, 6.45) is 5.81. The lowest BCUT2D eigenvalue weighted by Gasteiger charge is -2.29. The van der Waals surface area contributed by atoms with E-state index in [1.165, 1.54) is 0 Å². The number of benzene rings is 1. The third-order valence-corrected chi connectivity index (χ3v) is 6.61. The van der Waals surface area contributed by atoms with Crippen LogP contribution < -0.4 is 4.90 Å². The number of aromatic nitrogens is 5. The van der Waals surface area contributed by atoms with Gasteiger partial charge in [0.2, 0.25) is 0 Å². The predicted octanol–water partition coefficient (Wildman–Crippen LogP) is 4.13. The van der Waals surface area contributed by atoms with Crippen molar-refractivity contribution in [1.82, 2.24) is 24.3 Å². The molecule has 9 heteroatoms. The van der Waals surface area contributed by atoms with E-state index < -0.39 is 0 Å². The minimum absolute atomic E-state index is 0.337. The molecule has 2 saturated heterocycles. The number of nitrogens with zero attached hydrogens (tertiary/aromatic N) is 6. The summed E-state index contributed by atoms with van der Waals surface area (Å²) in [6.45, 7) is 4.61. The minimum Gasteiger partial charge on any atom is -0.381 e. The van der Waals surface area contributed by atoms with E-state index in [4.69, 9.17) is 36.1 Å². The SMILES string of the molecule is Clc1cccc(-c2ccn(-c3cc(N4CCOCC4)c4ncn(C5CCOCC5)c4n3)n2)c1. The molecular formula is C24H25ClN6O2. The van der Waals surface area contributed by atoms with Crippen molar-refractivity contribution in [2.45, 2.75) is 18.9 Å². The van der Waals surface area contributed by atoms with Crippen LogP contribution in [0.5, 0.6) is 0 Å². The summed E-state index contributed by atoms with van der Waals surface area (Å²) in [5, 5.41) is 5.51. The summed E-state index contributed by atoms with van der Waals surface area (Å²) in [6, 6.07) is 12.1. The molecule has 0 saturated carbocycles. The lowest BCUT2D eigenvalue weighted by atomic mass is 10.1. The average Bonchev–Trinajstić information content (AvgIpc) is 3.52. The van der Waals surface area contributed by atoms with Gasteiger partial charge in [0.25, 0.3) is 0 Å². The summed E-state index contributed by atoms with van der Waals surface area (Å²) in [7, 11) is 0. The molecule has 170 valence electrons. The van der Waals surface area contributed by atoms with E-state index in [1.807, 2.05) is 47.5 Å². The molecule has 0 bridgehead atoms. The van der Waals surface area contributed by atoms with Crippen molar-refractivity contribution in [3.05, 3.63) is 53.9 Å². The Bertz CT molecular complexity index is 1270. The van der Waals surface area contributed by atoms with Crippen molar-refractivity contribution in [3.63, 3.8) is 0 Å². The molecule has 0 radical (unpaired) electrons. The van der Waals surface area contributed by atoms with E-state index in [1.54, 1.807) is 0 Å². The van der Waals surface area contributed by atoms with Crippen LogP contribution in [0.15, 0.2) is 48.9 Å². The van der Waals surface area contributed by atoms with Crippen molar-refractivity contribution in [1.29, 1.82) is 0 Å². The van der Waals surface area contributed by atoms with Crippen molar-refractivity contribution < 1.29 is 9.47 Å². The van der Waals surface area contributed by atoms with Gasteiger partial charge in [0.1, 0.15) is 5.52 Å². The first-order valence-electron chi connectivity index (χ1n) is 11.4. The standard InChI is InChI=1S/C24H25ClN6O2/c25-18-3-1-2-17(14-18)20-4-7-31(28-20)22-15-21(29-8-12-33-13-9-29)23-24(27-22)30(16-26-23)19-5-10-32-11-6-19/h1-4,7,14-16,19H,5-6,8-13H2. The van der Waals surface area contributed by atoms with E-state index in [-0.39, 0.29) is 0 Å². The van der Waals surface area contributed by atoms with Gasteiger partial charge in [0.05, 0.1) is 30.9 Å². The quantitative estimate of drug-likeness (QED) is 0.452. The topological polar surface area (TPSA) is 70.2 Å². The number of pyridine rings is 1. The highest BCUT2D eigenvalue weighted by Gasteiger charge is 2.23. The monoisotopic (exact) mass is 464 g/mol. The number of ether oxygens (including phenoxy) is 2. The van der Waals surface area contributed by atoms with E-state index in [2.05, 4.69) is 15.5 Å². The highest BCUT2D eigenvalue weighted by molar-refractivity contribution is 6.30. The first-order chi connectivity index (χ1) is 16.3. The zero-order chi connectivity index (χ0) is 22.2. The number of fused-ring (bicyclic) bond motifs is 1. The van der Waals surface area contributed by atoms with Gasteiger partial charge in [0.15, 0.2) is 11.5 Å². The number of hydrogen-bond donors (Lipinski definition) is 0. The molecule has 0 unspecified atom stereocenters. The van der Waals surface area contributed by atoms with Crippen LogP contribution in [0.4, 0.5) is 5.69 Å². The highest BCUT2D eigenvalue weighted by Crippen LogP contribution is 2.32. The van der Waals surface area contributed by atoms with Crippen LogP contribution in [-0.4, -0.2) is 63.8 Å². The van der Waals surface area contributed by atoms with Gasteiger partial charge < -0.3 is 18.9 Å². The molecule has 0 amide bonds. The van der Waals surface area contributed by atoms with Crippen LogP contribution in [0, 0.1) is 0 Å². The Hall–Kier alpha value is -2.94. The van der Waals surface area contributed by atoms with E-state index in [0.29, 0.717) is 24.3 Å². The maximum absolute atomic E-state index is 6.19. The van der Waals surface area contributed by atoms with Crippen molar-refractivity contribution in [2.75, 3.05) is 44.4 Å². The van der Waals surface area contributed by atoms with Crippen LogP contribution in [-0.2, 0) is 9.47 Å². The Labute approximate surface area is 196 Å². The smallest absolute Gasteiger partial charge is 0.164 e. The summed E-state index contributed by atoms with van der Waals surface area (Å²) in [5.41, 5.74) is 4.72. The van der Waals surface area contributed by atoms with Gasteiger partial charge in [-0.05, 0) is 31.0 Å². The first-order valence-corrected chi connectivity index (χ1v) is 11.7. The lowest BCUT2D eigenvalue weighted by molar-refractivity contribution is 0.0704. The zero-order valence-corrected chi connectivity index (χ0v) is 19.0. The Balaban J connectivity index is 1.46. The van der Waals surface area contributed by atoms with Crippen LogP contribution in [0.25, 0.3) is 28.2 Å². The number of imidazole rings is 1. The van der Waals surface area contributed by atoms with Crippen LogP contribution in [0.1, 0.15) is 18.9 Å². The average molecular weight is 465 g/mol. The summed E-state index contributed by atoms with van der Waals surface area (Å²) in [5.74, 6) is 0.770. The van der Waals surface area contributed by atoms with Gasteiger partial charge >= 0.3 is 0 Å². The molecule has 0 atom stereocenters. The molecule has 2 fully saturated rings. The second-order valence-electron chi connectivity index (χ2n) is 8.42. The number of rotatable bonds is 4. The maximum Gasteiger partial charge on any atom is 0.164 e. The van der Waals surface area contributed by atoms with Gasteiger partial charge in [-0.1, -0.05) is 23.7 Å². The summed E-state index contributed by atoms with van der Waals surface area (Å²) in [4.78, 5) is 12.2. The van der Waals surface area contributed by atoms with Gasteiger partial charge in [0, 0.05) is 55.2 Å². The number of morpholine rings is 1. The molecule has 8 nitrogen and oxygen atoms in total. The molecule has 0 spiro atoms. The minimum atomic E-state index is 0.337. The Morgan fingerprint density at radius 1 is 0.970 bits per heavy atom. The van der Waals surface area contributed by atoms with Gasteiger partial charge in [-0.25, -0.2) is 14.6 Å². The highest BCUT2D eigenvalue weighted by atomic mass is 35.5. The van der Waals surface area contributed by atoms with E-state index >= 15 is 0 Å². The lowest BCUT2D eigenvalue weighted by Crippen LogP contribution is -2.36. The second kappa shape index (κ2) is 8.78. The molecule has 33 heavy (non-hydrogen) atoms. The van der Waals surface area contributed by atoms with Gasteiger partial charge in [-0.2, -0.15) is 5.10 Å². The molecule has 0 aliphatic carbocycles. The molecule has 6 rings (SSSR count). The Kier molecular flexibility index (Phi) is 5.49. The second-order valence-corrected chi connectivity index (χ2v) is 8.86. The van der Waals surface area contributed by atoms with Crippen LogP contribution >= 0.6 is 11.6 Å². The Morgan fingerprint density at radius 2 is 1.79 bits per heavy atom. The van der Waals surface area contributed by atoms with Crippen LogP contribution in [0.3, 0.4) is 0 Å². The fourth-order valence-electron chi connectivity index (χ4n) is 4.62. The maximum atomic E-state index is 6.19. The van der Waals surface area contributed by atoms with Crippen LogP contribution in [0.2, 0.25) is 5.02 Å². The van der Waals surface area contributed by atoms with Gasteiger partial charge in [-0.3, -0.25) is 0 Å². The third kappa shape index (κ3) is 3.99. The molecule has 0 N–H and O–H groups in total. The summed E-state index contributed by atoms with van der Waals surface area (Å²) >= 11 is 6.19. The van der Waals surface area contributed by atoms with E-state index in [0.717, 1.165) is 73.1 Å². The number of hydrogen-bond acceptors (Lipinski definition) is 6. The van der Waals surface area contributed by atoms with Crippen molar-refractivity contribution >= 4 is 28.5 Å². The molecule has 2 aliphatic heterocycles. The first kappa shape index (κ1) is 20.7. The molecule has 3 aromatic heterocycles. The molecule has 5 heterocycles. The van der Waals surface area contributed by atoms with Crippen molar-refractivity contribution in [3.8, 4) is 17.1 Å². The zero-order valence-electron chi connectivity index (χ0n) is 18.2. The predicted molar refractivity (Wildman–Crippen MR) is 127 cm³/mol. The number of anilines is 1. The van der Waals surface area contributed by atoms with Gasteiger partial charge in [-0.15, -0.1) is 0 Å². The number of halogens is 1. The Morgan fingerprint density at radius 3 is 2.61 bits per heavy atom. The molecule has 4 aromatic rings. The normalized spacial score (nSPS) is 17.7. The summed E-state index contributed by atoms with van der Waals surface area (Å²) < 4.78 is 15.2. The van der Waals surface area contributed by atoms with Crippen molar-refractivity contribution in [2.24, 2.45) is 0 Å². The molecule has 1 aromatic carbocycles. The third-order valence-electron chi connectivity index (χ3n) is 6.38. The fourth-order valence-corrected chi connectivity index (χ4v) is 4.81. The van der Waals surface area contributed by atoms with E-state index in [9.17, 15) is 0 Å². The molecule has 2 aliphatic rings.